The number of fused-ring (bicyclic) bond motifs is 1. The molecule has 9 heteroatoms. The third-order valence-electron chi connectivity index (χ3n) is 5.41. The maximum Gasteiger partial charge on any atom is 0.328 e. The normalized spacial score (nSPS) is 10.4. The number of rotatable bonds is 12. The van der Waals surface area contributed by atoms with Gasteiger partial charge in [0.05, 0.1) is 23.3 Å². The van der Waals surface area contributed by atoms with E-state index in [9.17, 15) is 9.59 Å². The number of anilines is 1. The number of aromatic nitrogens is 2. The number of hydrogen-bond donors (Lipinski definition) is 2. The van der Waals surface area contributed by atoms with Crippen LogP contribution in [-0.4, -0.2) is 41.2 Å². The number of halogens is 2. The summed E-state index contributed by atoms with van der Waals surface area (Å²) in [5, 5.41) is 6.79. The fourth-order valence-corrected chi connectivity index (χ4v) is 3.66. The highest BCUT2D eigenvalue weighted by atomic mass is 35.5. The van der Waals surface area contributed by atoms with Crippen LogP contribution in [-0.2, 0) is 14.1 Å². The Labute approximate surface area is 207 Å². The van der Waals surface area contributed by atoms with Crippen LogP contribution in [0.5, 0.6) is 5.75 Å². The Morgan fingerprint density at radius 3 is 2.42 bits per heavy atom. The maximum atomic E-state index is 12.5. The molecule has 7 nitrogen and oxygen atoms in total. The van der Waals surface area contributed by atoms with Crippen LogP contribution >= 0.6 is 24.8 Å². The van der Waals surface area contributed by atoms with E-state index in [1.54, 1.807) is 23.2 Å². The number of ether oxygens (including phenoxy) is 1. The minimum atomic E-state index is -0.0819. The number of benzene rings is 2. The first-order valence-electron chi connectivity index (χ1n) is 10.9. The molecule has 0 unspecified atom stereocenters. The van der Waals surface area contributed by atoms with Crippen LogP contribution in [0.2, 0.25) is 0 Å². The summed E-state index contributed by atoms with van der Waals surface area (Å²) in [5.74, 6) is 0.990. The van der Waals surface area contributed by atoms with E-state index >= 15 is 0 Å². The SMILES string of the molecule is CCOc1ccccc1NCCNCCCCC(=O)c1ccc2c(c1)n(C)c(=O)n2C.Cl.Cl. The zero-order valence-corrected chi connectivity index (χ0v) is 21.1. The zero-order chi connectivity index (χ0) is 22.2. The molecule has 0 saturated heterocycles. The predicted molar refractivity (Wildman–Crippen MR) is 140 cm³/mol. The molecule has 2 aromatic carbocycles. The van der Waals surface area contributed by atoms with Gasteiger partial charge in [0.2, 0.25) is 0 Å². The largest absolute Gasteiger partial charge is 0.492 e. The van der Waals surface area contributed by atoms with Crippen molar-refractivity contribution in [3.63, 3.8) is 0 Å². The van der Waals surface area contributed by atoms with Crippen molar-refractivity contribution in [3.05, 3.63) is 58.5 Å². The topological polar surface area (TPSA) is 77.3 Å². The number of imidazole rings is 1. The minimum Gasteiger partial charge on any atom is -0.492 e. The lowest BCUT2D eigenvalue weighted by molar-refractivity contribution is 0.0979. The highest BCUT2D eigenvalue weighted by Gasteiger charge is 2.11. The van der Waals surface area contributed by atoms with Gasteiger partial charge >= 0.3 is 5.69 Å². The fraction of sp³-hybridized carbons (Fsp3) is 0.417. The second-order valence-electron chi connectivity index (χ2n) is 7.59. The van der Waals surface area contributed by atoms with Crippen molar-refractivity contribution in [1.29, 1.82) is 0 Å². The highest BCUT2D eigenvalue weighted by Crippen LogP contribution is 2.23. The number of nitrogens with zero attached hydrogens (tertiary/aromatic N) is 2. The average Bonchev–Trinajstić information content (AvgIpc) is 3.00. The molecule has 0 fully saturated rings. The highest BCUT2D eigenvalue weighted by molar-refractivity contribution is 5.99. The van der Waals surface area contributed by atoms with Crippen molar-refractivity contribution in [1.82, 2.24) is 14.5 Å². The van der Waals surface area contributed by atoms with Crippen LogP contribution in [0.4, 0.5) is 5.69 Å². The second-order valence-corrected chi connectivity index (χ2v) is 7.59. The Balaban J connectivity index is 0.00000272. The smallest absolute Gasteiger partial charge is 0.328 e. The third kappa shape index (κ3) is 7.25. The lowest BCUT2D eigenvalue weighted by Gasteiger charge is -2.12. The van der Waals surface area contributed by atoms with Crippen LogP contribution < -0.4 is 21.1 Å². The van der Waals surface area contributed by atoms with Crippen LogP contribution in [0.1, 0.15) is 36.5 Å². The van der Waals surface area contributed by atoms with Gasteiger partial charge < -0.3 is 15.4 Å². The number of carbonyl (C=O) groups excluding carboxylic acids is 1. The summed E-state index contributed by atoms with van der Waals surface area (Å²) in [6.07, 6.45) is 2.28. The van der Waals surface area contributed by atoms with Crippen molar-refractivity contribution < 1.29 is 9.53 Å². The maximum absolute atomic E-state index is 12.5. The Morgan fingerprint density at radius 2 is 1.67 bits per heavy atom. The van der Waals surface area contributed by atoms with Crippen LogP contribution in [0.25, 0.3) is 11.0 Å². The molecule has 0 atom stereocenters. The van der Waals surface area contributed by atoms with Gasteiger partial charge in [-0.1, -0.05) is 12.1 Å². The van der Waals surface area contributed by atoms with E-state index in [1.165, 1.54) is 0 Å². The first kappa shape index (κ1) is 28.6. The molecule has 3 aromatic rings. The van der Waals surface area contributed by atoms with Gasteiger partial charge in [0.1, 0.15) is 5.75 Å². The Morgan fingerprint density at radius 1 is 0.939 bits per heavy atom. The first-order chi connectivity index (χ1) is 15.0. The molecule has 3 rings (SSSR count). The van der Waals surface area contributed by atoms with Crippen molar-refractivity contribution in [2.45, 2.75) is 26.2 Å². The second kappa shape index (κ2) is 13.9. The monoisotopic (exact) mass is 496 g/mol. The Bertz CT molecular complexity index is 1090. The number of ketones is 1. The van der Waals surface area contributed by atoms with Gasteiger partial charge in [-0.05, 0) is 56.6 Å². The van der Waals surface area contributed by atoms with E-state index in [0.717, 1.165) is 54.9 Å². The van der Waals surface area contributed by atoms with Gasteiger partial charge in [-0.25, -0.2) is 4.79 Å². The summed E-state index contributed by atoms with van der Waals surface area (Å²) in [4.78, 5) is 24.6. The first-order valence-corrected chi connectivity index (χ1v) is 10.9. The standard InChI is InChI=1S/C24H32N4O3.2ClH/c1-4-31-23-11-6-5-9-19(23)26-16-15-25-14-8-7-10-22(29)18-12-13-20-21(17-18)28(3)24(30)27(20)2;;/h5-6,9,11-13,17,25-26H,4,7-8,10,14-16H2,1-3H3;2*1H. The summed E-state index contributed by atoms with van der Waals surface area (Å²) in [7, 11) is 3.47. The summed E-state index contributed by atoms with van der Waals surface area (Å²) in [6.45, 7) is 5.14. The van der Waals surface area contributed by atoms with E-state index < -0.39 is 0 Å². The summed E-state index contributed by atoms with van der Waals surface area (Å²) < 4.78 is 8.79. The molecule has 0 aliphatic rings. The van der Waals surface area contributed by atoms with E-state index in [2.05, 4.69) is 10.6 Å². The van der Waals surface area contributed by atoms with Gasteiger partial charge in [-0.15, -0.1) is 24.8 Å². The number of para-hydroxylation sites is 2. The van der Waals surface area contributed by atoms with Gasteiger partial charge in [0, 0.05) is 39.2 Å². The van der Waals surface area contributed by atoms with Crippen LogP contribution in [0.3, 0.4) is 0 Å². The Hall–Kier alpha value is -2.48. The molecule has 1 heterocycles. The van der Waals surface area contributed by atoms with Crippen molar-refractivity contribution in [3.8, 4) is 5.75 Å². The van der Waals surface area contributed by atoms with Crippen molar-refractivity contribution >= 4 is 47.3 Å². The van der Waals surface area contributed by atoms with Crippen LogP contribution in [0.15, 0.2) is 47.3 Å². The number of Topliss-reactive ketones (excluding diaryl/α,β-unsaturated/α-hetero) is 1. The molecule has 0 aliphatic heterocycles. The van der Waals surface area contributed by atoms with Crippen LogP contribution in [0, 0.1) is 0 Å². The third-order valence-corrected chi connectivity index (χ3v) is 5.41. The summed E-state index contributed by atoms with van der Waals surface area (Å²) in [6, 6.07) is 13.4. The van der Waals surface area contributed by atoms with Gasteiger partial charge in [0.15, 0.2) is 5.78 Å². The number of carbonyl (C=O) groups is 1. The number of nitrogens with one attached hydrogen (secondary N) is 2. The van der Waals surface area contributed by atoms with Gasteiger partial charge in [-0.2, -0.15) is 0 Å². The lowest BCUT2D eigenvalue weighted by Crippen LogP contribution is -2.23. The van der Waals surface area contributed by atoms with Crippen molar-refractivity contribution in [2.75, 3.05) is 31.6 Å². The van der Waals surface area contributed by atoms with Gasteiger partial charge in [0.25, 0.3) is 0 Å². The van der Waals surface area contributed by atoms with E-state index in [-0.39, 0.29) is 36.3 Å². The molecule has 0 saturated carbocycles. The fourth-order valence-electron chi connectivity index (χ4n) is 3.66. The van der Waals surface area contributed by atoms with Gasteiger partial charge in [-0.3, -0.25) is 13.9 Å². The predicted octanol–water partition coefficient (Wildman–Crippen LogP) is 4.17. The van der Waals surface area contributed by atoms with E-state index in [1.807, 2.05) is 49.4 Å². The van der Waals surface area contributed by atoms with E-state index in [4.69, 9.17) is 4.74 Å². The lowest BCUT2D eigenvalue weighted by atomic mass is 10.0. The molecule has 0 bridgehead atoms. The molecule has 0 radical (unpaired) electrons. The molecular formula is C24H34Cl2N4O3. The molecule has 33 heavy (non-hydrogen) atoms. The average molecular weight is 497 g/mol. The summed E-state index contributed by atoms with van der Waals surface area (Å²) in [5.41, 5.74) is 3.22. The molecule has 2 N–H and O–H groups in total. The molecule has 182 valence electrons. The molecule has 0 aliphatic carbocycles. The number of hydrogen-bond acceptors (Lipinski definition) is 5. The van der Waals surface area contributed by atoms with Crippen molar-refractivity contribution in [2.24, 2.45) is 14.1 Å². The van der Waals surface area contributed by atoms with E-state index in [0.29, 0.717) is 18.6 Å². The zero-order valence-electron chi connectivity index (χ0n) is 19.4. The quantitative estimate of drug-likeness (QED) is 0.290. The number of unbranched alkanes of at least 4 members (excludes halogenated alkanes) is 1. The Kier molecular flexibility index (Phi) is 12.1. The molecule has 0 spiro atoms. The molecule has 0 amide bonds. The minimum absolute atomic E-state index is 0. The molecular weight excluding hydrogens is 463 g/mol. The summed E-state index contributed by atoms with van der Waals surface area (Å²) >= 11 is 0. The molecule has 1 aromatic heterocycles. The number of aryl methyl sites for hydroxylation is 2.